The lowest BCUT2D eigenvalue weighted by atomic mass is 10.1. The number of ether oxygens (including phenoxy) is 1. The van der Waals surface area contributed by atoms with Gasteiger partial charge in [0.2, 0.25) is 0 Å². The van der Waals surface area contributed by atoms with Crippen LogP contribution >= 0.6 is 22.9 Å². The largest absolute Gasteiger partial charge is 0.478 e. The molecule has 2 aromatic carbocycles. The van der Waals surface area contributed by atoms with Gasteiger partial charge in [0.1, 0.15) is 10.8 Å². The highest BCUT2D eigenvalue weighted by molar-refractivity contribution is 7.13. The lowest BCUT2D eigenvalue weighted by molar-refractivity contribution is -0.128. The number of hydrogen-bond acceptors (Lipinski definition) is 5. The smallest absolute Gasteiger partial charge is 0.267 e. The highest BCUT2D eigenvalue weighted by Crippen LogP contribution is 2.30. The molecule has 0 unspecified atom stereocenters. The lowest BCUT2D eigenvalue weighted by Crippen LogP contribution is -2.42. The first-order valence-corrected chi connectivity index (χ1v) is 10.9. The summed E-state index contributed by atoms with van der Waals surface area (Å²) in [6.07, 6.45) is 3.53. The number of benzene rings is 2. The molecule has 2 heterocycles. The molecule has 5 nitrogen and oxygen atoms in total. The minimum absolute atomic E-state index is 0.256. The zero-order valence-corrected chi connectivity index (χ0v) is 18.6. The van der Waals surface area contributed by atoms with Gasteiger partial charge in [0, 0.05) is 39.6 Å². The fraction of sp³-hybridized carbons (Fsp3) is 0.125. The van der Waals surface area contributed by atoms with Gasteiger partial charge in [-0.1, -0.05) is 23.7 Å². The normalized spacial score (nSPS) is 11.2. The number of nitrogens with one attached hydrogen (secondary N) is 1. The number of amides is 1. The van der Waals surface area contributed by atoms with E-state index in [0.717, 1.165) is 21.8 Å². The summed E-state index contributed by atoms with van der Waals surface area (Å²) in [7, 11) is 0. The Morgan fingerprint density at radius 3 is 2.58 bits per heavy atom. The number of thiazole rings is 1. The van der Waals surface area contributed by atoms with E-state index in [4.69, 9.17) is 21.3 Å². The molecule has 156 valence electrons. The highest BCUT2D eigenvalue weighted by atomic mass is 35.5. The average molecular weight is 450 g/mol. The van der Waals surface area contributed by atoms with Crippen molar-refractivity contribution in [2.24, 2.45) is 0 Å². The zero-order valence-electron chi connectivity index (χ0n) is 17.0. The summed E-state index contributed by atoms with van der Waals surface area (Å²) in [5, 5.41) is 6.44. The second-order valence-corrected chi connectivity index (χ2v) is 8.68. The molecule has 0 saturated heterocycles. The monoisotopic (exact) mass is 449 g/mol. The van der Waals surface area contributed by atoms with E-state index in [9.17, 15) is 4.79 Å². The molecular formula is C24H20ClN3O2S. The molecule has 0 bridgehead atoms. The summed E-state index contributed by atoms with van der Waals surface area (Å²) in [6, 6.07) is 18.4. The van der Waals surface area contributed by atoms with Gasteiger partial charge in [0.25, 0.3) is 5.91 Å². The van der Waals surface area contributed by atoms with E-state index in [0.29, 0.717) is 16.5 Å². The Morgan fingerprint density at radius 2 is 1.84 bits per heavy atom. The minimum Gasteiger partial charge on any atom is -0.478 e. The Balaban J connectivity index is 1.49. The van der Waals surface area contributed by atoms with E-state index in [1.54, 1.807) is 61.8 Å². The van der Waals surface area contributed by atoms with Crippen LogP contribution in [-0.2, 0) is 4.79 Å². The summed E-state index contributed by atoms with van der Waals surface area (Å²) in [5.74, 6) is 0.317. The van der Waals surface area contributed by atoms with Crippen molar-refractivity contribution in [3.63, 3.8) is 0 Å². The number of aromatic nitrogens is 2. The van der Waals surface area contributed by atoms with Crippen molar-refractivity contribution in [3.8, 4) is 27.6 Å². The van der Waals surface area contributed by atoms with E-state index in [1.807, 2.05) is 41.8 Å². The van der Waals surface area contributed by atoms with Crippen LogP contribution in [0.1, 0.15) is 13.8 Å². The van der Waals surface area contributed by atoms with Crippen molar-refractivity contribution in [3.05, 3.63) is 83.5 Å². The predicted molar refractivity (Wildman–Crippen MR) is 126 cm³/mol. The van der Waals surface area contributed by atoms with E-state index in [-0.39, 0.29) is 5.91 Å². The van der Waals surface area contributed by atoms with Gasteiger partial charge in [0.15, 0.2) is 5.60 Å². The number of halogens is 1. The summed E-state index contributed by atoms with van der Waals surface area (Å²) >= 11 is 7.47. The first-order valence-electron chi connectivity index (χ1n) is 9.63. The molecule has 1 N–H and O–H groups in total. The van der Waals surface area contributed by atoms with Crippen molar-refractivity contribution < 1.29 is 9.53 Å². The van der Waals surface area contributed by atoms with E-state index in [1.165, 1.54) is 0 Å². The van der Waals surface area contributed by atoms with Crippen molar-refractivity contribution in [1.29, 1.82) is 0 Å². The third-order valence-corrected chi connectivity index (χ3v) is 5.71. The first-order chi connectivity index (χ1) is 14.9. The van der Waals surface area contributed by atoms with Gasteiger partial charge in [-0.15, -0.1) is 11.3 Å². The summed E-state index contributed by atoms with van der Waals surface area (Å²) in [6.45, 7) is 3.45. The quantitative estimate of drug-likeness (QED) is 0.374. The van der Waals surface area contributed by atoms with E-state index >= 15 is 0 Å². The Kier molecular flexibility index (Phi) is 6.02. The van der Waals surface area contributed by atoms with Crippen molar-refractivity contribution in [2.45, 2.75) is 19.4 Å². The number of carbonyl (C=O) groups is 1. The molecule has 1 amide bonds. The molecule has 0 aliphatic rings. The van der Waals surface area contributed by atoms with Gasteiger partial charge < -0.3 is 10.1 Å². The molecule has 4 rings (SSSR count). The van der Waals surface area contributed by atoms with Gasteiger partial charge in [-0.3, -0.25) is 9.78 Å². The third kappa shape index (κ3) is 5.10. The molecule has 0 spiro atoms. The standard InChI is InChI=1S/C24H20ClN3O2S/c1-24(2,30-20-10-8-18(25)9-11-20)23(29)27-19-7-3-5-16(13-19)21-15-31-22(28-21)17-6-4-12-26-14-17/h3-15H,1-2H3,(H,27,29). The molecule has 0 radical (unpaired) electrons. The summed E-state index contributed by atoms with van der Waals surface area (Å²) in [5.41, 5.74) is 2.34. The maximum Gasteiger partial charge on any atom is 0.267 e. The number of nitrogens with zero attached hydrogens (tertiary/aromatic N) is 2. The summed E-state index contributed by atoms with van der Waals surface area (Å²) < 4.78 is 5.87. The molecular weight excluding hydrogens is 430 g/mol. The highest BCUT2D eigenvalue weighted by Gasteiger charge is 2.30. The topological polar surface area (TPSA) is 64.1 Å². The molecule has 2 aromatic heterocycles. The number of rotatable bonds is 6. The van der Waals surface area contributed by atoms with Gasteiger partial charge in [-0.25, -0.2) is 4.98 Å². The SMILES string of the molecule is CC(C)(Oc1ccc(Cl)cc1)C(=O)Nc1cccc(-c2csc(-c3cccnc3)n2)c1. The van der Waals surface area contributed by atoms with Gasteiger partial charge in [-0.2, -0.15) is 0 Å². The van der Waals surface area contributed by atoms with E-state index < -0.39 is 5.60 Å². The predicted octanol–water partition coefficient (Wildman–Crippen LogP) is 6.32. The second kappa shape index (κ2) is 8.88. The number of pyridine rings is 1. The molecule has 0 aliphatic carbocycles. The van der Waals surface area contributed by atoms with Crippen LogP contribution in [0.15, 0.2) is 78.4 Å². The molecule has 0 atom stereocenters. The molecule has 0 aliphatic heterocycles. The Hall–Kier alpha value is -3.22. The number of anilines is 1. The third-order valence-electron chi connectivity index (χ3n) is 4.56. The second-order valence-electron chi connectivity index (χ2n) is 7.38. The fourth-order valence-electron chi connectivity index (χ4n) is 2.91. The van der Waals surface area contributed by atoms with Crippen molar-refractivity contribution in [1.82, 2.24) is 9.97 Å². The van der Waals surface area contributed by atoms with Crippen molar-refractivity contribution in [2.75, 3.05) is 5.32 Å². The van der Waals surface area contributed by atoms with Crippen LogP contribution < -0.4 is 10.1 Å². The van der Waals surface area contributed by atoms with Crippen LogP contribution in [0.5, 0.6) is 5.75 Å². The van der Waals surface area contributed by atoms with Gasteiger partial charge in [-0.05, 0) is 62.4 Å². The fourth-order valence-corrected chi connectivity index (χ4v) is 3.86. The molecule has 0 saturated carbocycles. The first kappa shape index (κ1) is 21.0. The lowest BCUT2D eigenvalue weighted by Gasteiger charge is -2.25. The van der Waals surface area contributed by atoms with Crippen LogP contribution in [0.3, 0.4) is 0 Å². The number of carbonyl (C=O) groups excluding carboxylic acids is 1. The van der Waals surface area contributed by atoms with Gasteiger partial charge in [0.05, 0.1) is 5.69 Å². The molecule has 4 aromatic rings. The Labute approximate surface area is 189 Å². The van der Waals surface area contributed by atoms with Crippen LogP contribution in [0.4, 0.5) is 5.69 Å². The molecule has 31 heavy (non-hydrogen) atoms. The molecule has 0 fully saturated rings. The van der Waals surface area contributed by atoms with Crippen molar-refractivity contribution >= 4 is 34.5 Å². The van der Waals surface area contributed by atoms with Crippen LogP contribution in [0, 0.1) is 0 Å². The maximum atomic E-state index is 12.9. The van der Waals surface area contributed by atoms with E-state index in [2.05, 4.69) is 10.3 Å². The van der Waals surface area contributed by atoms with Crippen LogP contribution in [0.25, 0.3) is 21.8 Å². The number of hydrogen-bond donors (Lipinski definition) is 1. The average Bonchev–Trinajstić information content (AvgIpc) is 3.26. The minimum atomic E-state index is -1.07. The Morgan fingerprint density at radius 1 is 1.06 bits per heavy atom. The summed E-state index contributed by atoms with van der Waals surface area (Å²) in [4.78, 5) is 21.7. The van der Waals surface area contributed by atoms with Crippen LogP contribution in [0.2, 0.25) is 5.02 Å². The van der Waals surface area contributed by atoms with Crippen LogP contribution in [-0.4, -0.2) is 21.5 Å². The maximum absolute atomic E-state index is 12.9. The van der Waals surface area contributed by atoms with Gasteiger partial charge >= 0.3 is 0 Å². The Bertz CT molecular complexity index is 1190. The molecule has 7 heteroatoms. The zero-order chi connectivity index (χ0) is 21.8.